The largest absolute Gasteiger partial charge is 0.456 e. The van der Waals surface area contributed by atoms with E-state index in [4.69, 9.17) is 4.42 Å². The molecule has 1 aromatic heterocycles. The van der Waals surface area contributed by atoms with E-state index in [2.05, 4.69) is 146 Å². The highest BCUT2D eigenvalue weighted by Gasteiger charge is 2.51. The molecule has 1 spiro atoms. The molecule has 200 valence electrons. The van der Waals surface area contributed by atoms with Gasteiger partial charge in [-0.1, -0.05) is 133 Å². The molecule has 1 heteroatoms. The first-order valence-corrected chi connectivity index (χ1v) is 15.1. The molecule has 0 saturated heterocycles. The third-order valence-electron chi connectivity index (χ3n) is 9.94. The topological polar surface area (TPSA) is 13.1 Å². The lowest BCUT2D eigenvalue weighted by Crippen LogP contribution is -2.25. The van der Waals surface area contributed by atoms with Gasteiger partial charge in [0.1, 0.15) is 11.2 Å². The van der Waals surface area contributed by atoms with Gasteiger partial charge < -0.3 is 4.42 Å². The molecule has 2 aliphatic carbocycles. The average molecular weight is 547 g/mol. The third kappa shape index (κ3) is 2.87. The van der Waals surface area contributed by atoms with Crippen LogP contribution in [0.5, 0.6) is 0 Å². The summed E-state index contributed by atoms with van der Waals surface area (Å²) in [5.41, 5.74) is 15.1. The minimum Gasteiger partial charge on any atom is -0.456 e. The van der Waals surface area contributed by atoms with Crippen LogP contribution in [0.2, 0.25) is 0 Å². The first-order chi connectivity index (χ1) is 21.3. The summed E-state index contributed by atoms with van der Waals surface area (Å²) in [7, 11) is 0. The predicted octanol–water partition coefficient (Wildman–Crippen LogP) is 10.7. The quantitative estimate of drug-likeness (QED) is 0.210. The van der Waals surface area contributed by atoms with E-state index in [1.807, 2.05) is 0 Å². The summed E-state index contributed by atoms with van der Waals surface area (Å²) >= 11 is 0. The maximum atomic E-state index is 6.64. The summed E-state index contributed by atoms with van der Waals surface area (Å²) in [6.07, 6.45) is 0.790. The Labute approximate surface area is 249 Å². The maximum absolute atomic E-state index is 6.64. The van der Waals surface area contributed by atoms with E-state index in [0.717, 1.165) is 17.6 Å². The van der Waals surface area contributed by atoms with Crippen molar-refractivity contribution in [3.63, 3.8) is 0 Å². The van der Waals surface area contributed by atoms with Crippen molar-refractivity contribution in [2.24, 2.45) is 0 Å². The smallest absolute Gasteiger partial charge is 0.139 e. The zero-order chi connectivity index (χ0) is 28.1. The van der Waals surface area contributed by atoms with Crippen molar-refractivity contribution in [3.05, 3.63) is 179 Å². The summed E-state index contributed by atoms with van der Waals surface area (Å²) in [5, 5.41) is 4.89. The Morgan fingerprint density at radius 2 is 1.05 bits per heavy atom. The molecule has 1 nitrogen and oxygen atoms in total. The molecule has 0 unspecified atom stereocenters. The van der Waals surface area contributed by atoms with Crippen LogP contribution in [-0.4, -0.2) is 0 Å². The fourth-order valence-electron chi connectivity index (χ4n) is 8.35. The van der Waals surface area contributed by atoms with Gasteiger partial charge in [-0.2, -0.15) is 0 Å². The predicted molar refractivity (Wildman–Crippen MR) is 177 cm³/mol. The van der Waals surface area contributed by atoms with Gasteiger partial charge in [-0.05, 0) is 73.0 Å². The van der Waals surface area contributed by atoms with Crippen molar-refractivity contribution in [2.45, 2.75) is 11.8 Å². The van der Waals surface area contributed by atoms with Crippen LogP contribution in [0.3, 0.4) is 0 Å². The first-order valence-electron chi connectivity index (χ1n) is 15.1. The van der Waals surface area contributed by atoms with Gasteiger partial charge in [-0.25, -0.2) is 0 Å². The zero-order valence-corrected chi connectivity index (χ0v) is 23.5. The number of fused-ring (bicyclic) bond motifs is 15. The molecule has 0 amide bonds. The highest BCUT2D eigenvalue weighted by atomic mass is 16.3. The lowest BCUT2D eigenvalue weighted by atomic mass is 9.70. The molecular formula is C42H26O. The monoisotopic (exact) mass is 546 g/mol. The third-order valence-corrected chi connectivity index (χ3v) is 9.94. The van der Waals surface area contributed by atoms with E-state index in [0.29, 0.717) is 0 Å². The van der Waals surface area contributed by atoms with Crippen LogP contribution in [0.15, 0.2) is 150 Å². The Hall–Kier alpha value is -5.40. The highest BCUT2D eigenvalue weighted by molar-refractivity contribution is 6.19. The van der Waals surface area contributed by atoms with Gasteiger partial charge in [0.05, 0.1) is 5.41 Å². The lowest BCUT2D eigenvalue weighted by Gasteiger charge is -2.30. The van der Waals surface area contributed by atoms with Gasteiger partial charge in [0.25, 0.3) is 0 Å². The van der Waals surface area contributed by atoms with Crippen LogP contribution in [0, 0.1) is 0 Å². The Morgan fingerprint density at radius 1 is 0.465 bits per heavy atom. The van der Waals surface area contributed by atoms with Crippen LogP contribution in [0.4, 0.5) is 0 Å². The molecule has 0 radical (unpaired) electrons. The molecule has 43 heavy (non-hydrogen) atoms. The molecule has 0 saturated carbocycles. The molecule has 1 heterocycles. The number of rotatable bonds is 2. The van der Waals surface area contributed by atoms with Crippen molar-refractivity contribution >= 4 is 32.7 Å². The van der Waals surface area contributed by atoms with Gasteiger partial charge in [0.15, 0.2) is 0 Å². The second kappa shape index (κ2) is 8.33. The number of benzene rings is 7. The molecule has 0 aliphatic heterocycles. The normalized spacial score (nSPS) is 13.9. The molecule has 10 rings (SSSR count). The van der Waals surface area contributed by atoms with E-state index in [1.54, 1.807) is 0 Å². The van der Waals surface area contributed by atoms with Crippen molar-refractivity contribution in [1.82, 2.24) is 0 Å². The minimum absolute atomic E-state index is 0.326. The van der Waals surface area contributed by atoms with Gasteiger partial charge >= 0.3 is 0 Å². The van der Waals surface area contributed by atoms with E-state index in [-0.39, 0.29) is 5.41 Å². The number of furan rings is 1. The van der Waals surface area contributed by atoms with E-state index >= 15 is 0 Å². The zero-order valence-electron chi connectivity index (χ0n) is 23.5. The number of hydrogen-bond acceptors (Lipinski definition) is 1. The Kier molecular flexibility index (Phi) is 4.50. The maximum Gasteiger partial charge on any atom is 0.139 e. The van der Waals surface area contributed by atoms with Crippen LogP contribution < -0.4 is 0 Å². The van der Waals surface area contributed by atoms with Crippen molar-refractivity contribution < 1.29 is 4.42 Å². The van der Waals surface area contributed by atoms with Crippen LogP contribution in [0.1, 0.15) is 33.4 Å². The van der Waals surface area contributed by atoms with Crippen LogP contribution in [-0.2, 0) is 11.8 Å². The van der Waals surface area contributed by atoms with Gasteiger partial charge in [-0.15, -0.1) is 0 Å². The summed E-state index contributed by atoms with van der Waals surface area (Å²) in [4.78, 5) is 0. The Balaban J connectivity index is 1.27. The highest BCUT2D eigenvalue weighted by Crippen LogP contribution is 2.63. The summed E-state index contributed by atoms with van der Waals surface area (Å²) in [6, 6.07) is 53.5. The molecule has 0 bridgehead atoms. The van der Waals surface area contributed by atoms with Crippen molar-refractivity contribution in [1.29, 1.82) is 0 Å². The van der Waals surface area contributed by atoms with Crippen molar-refractivity contribution in [3.8, 4) is 22.3 Å². The van der Waals surface area contributed by atoms with E-state index < -0.39 is 0 Å². The molecule has 0 fully saturated rings. The molecular weight excluding hydrogens is 520 g/mol. The summed E-state index contributed by atoms with van der Waals surface area (Å²) in [5.74, 6) is 0. The van der Waals surface area contributed by atoms with Gasteiger partial charge in [-0.3, -0.25) is 0 Å². The van der Waals surface area contributed by atoms with Crippen LogP contribution >= 0.6 is 0 Å². The second-order valence-electron chi connectivity index (χ2n) is 12.0. The molecule has 8 aromatic rings. The molecule has 2 aliphatic rings. The summed E-state index contributed by atoms with van der Waals surface area (Å²) in [6.45, 7) is 0. The Morgan fingerprint density at radius 3 is 1.81 bits per heavy atom. The van der Waals surface area contributed by atoms with Gasteiger partial charge in [0.2, 0.25) is 0 Å². The standard InChI is InChI=1S/C42H26O/c1-2-14-29-26(12-1)24-28(41-40(29)33-18-6-10-23-38(33)43-41)25-27-13-11-22-37-39(27)32-17-5-9-21-36(32)42(37)34-19-7-3-15-30(34)31-16-4-8-20-35(31)42/h1-24H,25H2. The number of para-hydroxylation sites is 1. The lowest BCUT2D eigenvalue weighted by molar-refractivity contribution is 0.664. The SMILES string of the molecule is c1ccc2c(c1)-c1ccccc1C21c2ccccc2-c2c(Cc3cc4ccccc4c4c3oc3ccccc34)cccc21. The fraction of sp³-hybridized carbons (Fsp3) is 0.0476. The number of hydrogen-bond donors (Lipinski definition) is 0. The fourth-order valence-corrected chi connectivity index (χ4v) is 8.35. The summed E-state index contributed by atoms with van der Waals surface area (Å²) < 4.78 is 6.64. The van der Waals surface area contributed by atoms with E-state index in [1.165, 1.54) is 77.2 Å². The second-order valence-corrected chi connectivity index (χ2v) is 12.0. The Bertz CT molecular complexity index is 2390. The molecule has 0 atom stereocenters. The van der Waals surface area contributed by atoms with Crippen molar-refractivity contribution in [2.75, 3.05) is 0 Å². The van der Waals surface area contributed by atoms with Crippen LogP contribution in [0.25, 0.3) is 55.0 Å². The average Bonchev–Trinajstić information content (AvgIpc) is 3.70. The minimum atomic E-state index is -0.326. The molecule has 7 aromatic carbocycles. The van der Waals surface area contributed by atoms with E-state index in [9.17, 15) is 0 Å². The first kappa shape index (κ1) is 23.2. The van der Waals surface area contributed by atoms with Gasteiger partial charge in [0, 0.05) is 22.8 Å². The molecule has 0 N–H and O–H groups in total.